The van der Waals surface area contributed by atoms with Crippen LogP contribution in [0.5, 0.6) is 5.75 Å². The number of ether oxygens (including phenoxy) is 1. The van der Waals surface area contributed by atoms with Crippen molar-refractivity contribution in [1.29, 1.82) is 0 Å². The molecule has 1 heterocycles. The number of nitrogens with one attached hydrogen (secondary N) is 1. The summed E-state index contributed by atoms with van der Waals surface area (Å²) in [5.74, 6) is -0.492. The van der Waals surface area contributed by atoms with Crippen LogP contribution in [0.4, 0.5) is 11.4 Å². The lowest BCUT2D eigenvalue weighted by Gasteiger charge is -2.11. The van der Waals surface area contributed by atoms with Gasteiger partial charge >= 0.3 is 0 Å². The number of hydrogen-bond acceptors (Lipinski definition) is 5. The number of benzene rings is 1. The first kappa shape index (κ1) is 15.2. The van der Waals surface area contributed by atoms with Crippen LogP contribution in [0.3, 0.4) is 0 Å². The third-order valence-corrected chi connectivity index (χ3v) is 3.48. The summed E-state index contributed by atoms with van der Waals surface area (Å²) in [6.45, 7) is 2.00. The monoisotopic (exact) mass is 294 g/mol. The normalized spacial score (nSPS) is 21.2. The Balaban J connectivity index is 1.90. The van der Waals surface area contributed by atoms with E-state index < -0.39 is 4.92 Å². The van der Waals surface area contributed by atoms with Crippen molar-refractivity contribution in [3.8, 4) is 5.75 Å². The SMILES string of the molecule is C[C@H]1CC[C@H](CCC(=O)Nc2cc([N+](=O)[O-])ccc2O)O1. The molecule has 7 nitrogen and oxygen atoms in total. The molecule has 1 saturated heterocycles. The van der Waals surface area contributed by atoms with Gasteiger partial charge in [-0.1, -0.05) is 0 Å². The molecule has 1 aliphatic heterocycles. The van der Waals surface area contributed by atoms with Crippen LogP contribution in [0, 0.1) is 10.1 Å². The van der Waals surface area contributed by atoms with Crippen LogP contribution >= 0.6 is 0 Å². The molecule has 114 valence electrons. The zero-order valence-electron chi connectivity index (χ0n) is 11.7. The molecule has 0 bridgehead atoms. The standard InChI is InChI=1S/C14H18N2O5/c1-9-2-4-11(21-9)5-7-14(18)15-12-8-10(16(19)20)3-6-13(12)17/h3,6,8-9,11,17H,2,4-5,7H2,1H3,(H,15,18)/t9-,11+/m0/s1. The molecule has 2 rings (SSSR count). The fraction of sp³-hybridized carbons (Fsp3) is 0.500. The molecule has 2 atom stereocenters. The minimum Gasteiger partial charge on any atom is -0.506 e. The molecule has 21 heavy (non-hydrogen) atoms. The molecule has 7 heteroatoms. The number of amides is 1. The molecule has 1 fully saturated rings. The first-order valence-electron chi connectivity index (χ1n) is 6.88. The highest BCUT2D eigenvalue weighted by atomic mass is 16.6. The van der Waals surface area contributed by atoms with Crippen molar-refractivity contribution in [1.82, 2.24) is 0 Å². The Morgan fingerprint density at radius 2 is 2.29 bits per heavy atom. The van der Waals surface area contributed by atoms with Gasteiger partial charge in [0.2, 0.25) is 5.91 Å². The van der Waals surface area contributed by atoms with E-state index in [4.69, 9.17) is 4.74 Å². The summed E-state index contributed by atoms with van der Waals surface area (Å²) < 4.78 is 5.62. The number of hydrogen-bond donors (Lipinski definition) is 2. The number of aromatic hydroxyl groups is 1. The molecule has 2 N–H and O–H groups in total. The lowest BCUT2D eigenvalue weighted by molar-refractivity contribution is -0.384. The largest absolute Gasteiger partial charge is 0.506 e. The second kappa shape index (κ2) is 6.53. The molecule has 0 spiro atoms. The lowest BCUT2D eigenvalue weighted by atomic mass is 10.1. The van der Waals surface area contributed by atoms with Crippen molar-refractivity contribution >= 4 is 17.3 Å². The number of phenolic OH excluding ortho intramolecular Hbond substituents is 1. The van der Waals surface area contributed by atoms with Crippen molar-refractivity contribution in [2.75, 3.05) is 5.32 Å². The number of rotatable bonds is 5. The molecule has 0 unspecified atom stereocenters. The minimum atomic E-state index is -0.581. The van der Waals surface area contributed by atoms with Gasteiger partial charge in [0.05, 0.1) is 22.8 Å². The number of phenols is 1. The molecule has 1 aromatic rings. The maximum absolute atomic E-state index is 11.8. The van der Waals surface area contributed by atoms with Crippen LogP contribution in [0.15, 0.2) is 18.2 Å². The number of nitro groups is 1. The van der Waals surface area contributed by atoms with Gasteiger partial charge in [-0.3, -0.25) is 14.9 Å². The fourth-order valence-corrected chi connectivity index (χ4v) is 2.34. The van der Waals surface area contributed by atoms with E-state index in [1.54, 1.807) is 0 Å². The lowest BCUT2D eigenvalue weighted by Crippen LogP contribution is -2.16. The van der Waals surface area contributed by atoms with Gasteiger partial charge < -0.3 is 15.2 Å². The number of nitro benzene ring substituents is 1. The Hall–Kier alpha value is -2.15. The van der Waals surface area contributed by atoms with Gasteiger partial charge in [0.25, 0.3) is 5.69 Å². The topological polar surface area (TPSA) is 102 Å². The van der Waals surface area contributed by atoms with E-state index in [-0.39, 0.29) is 41.7 Å². The van der Waals surface area contributed by atoms with Crippen molar-refractivity contribution < 1.29 is 19.6 Å². The average Bonchev–Trinajstić information content (AvgIpc) is 2.84. The third kappa shape index (κ3) is 4.16. The van der Waals surface area contributed by atoms with Crippen LogP contribution in [-0.2, 0) is 9.53 Å². The summed E-state index contributed by atoms with van der Waals surface area (Å²) in [5, 5.41) is 22.8. The van der Waals surface area contributed by atoms with E-state index in [1.165, 1.54) is 12.1 Å². The number of carbonyl (C=O) groups excluding carboxylic acids is 1. The van der Waals surface area contributed by atoms with Gasteiger partial charge in [0, 0.05) is 18.6 Å². The second-order valence-corrected chi connectivity index (χ2v) is 5.19. The van der Waals surface area contributed by atoms with Gasteiger partial charge in [-0.2, -0.15) is 0 Å². The summed E-state index contributed by atoms with van der Waals surface area (Å²) in [7, 11) is 0. The molecular formula is C14H18N2O5. The van der Waals surface area contributed by atoms with Crippen LogP contribution in [0.2, 0.25) is 0 Å². The summed E-state index contributed by atoms with van der Waals surface area (Å²) in [4.78, 5) is 21.9. The predicted octanol–water partition coefficient (Wildman–Crippen LogP) is 2.59. The number of anilines is 1. The minimum absolute atomic E-state index is 0.0508. The maximum atomic E-state index is 11.8. The average molecular weight is 294 g/mol. The molecule has 1 aromatic carbocycles. The predicted molar refractivity (Wildman–Crippen MR) is 76.2 cm³/mol. The summed E-state index contributed by atoms with van der Waals surface area (Å²) in [6.07, 6.45) is 3.11. The quantitative estimate of drug-likeness (QED) is 0.493. The maximum Gasteiger partial charge on any atom is 0.271 e. The van der Waals surface area contributed by atoms with Gasteiger partial charge in [0.1, 0.15) is 5.75 Å². The summed E-state index contributed by atoms with van der Waals surface area (Å²) in [5.41, 5.74) is -0.133. The van der Waals surface area contributed by atoms with Gasteiger partial charge in [-0.15, -0.1) is 0 Å². The van der Waals surface area contributed by atoms with Crippen LogP contribution in [0.25, 0.3) is 0 Å². The smallest absolute Gasteiger partial charge is 0.271 e. The van der Waals surface area contributed by atoms with Crippen LogP contribution in [0.1, 0.15) is 32.6 Å². The first-order chi connectivity index (χ1) is 9.95. The van der Waals surface area contributed by atoms with E-state index >= 15 is 0 Å². The molecule has 0 radical (unpaired) electrons. The van der Waals surface area contributed by atoms with E-state index in [1.807, 2.05) is 6.92 Å². The molecule has 0 saturated carbocycles. The van der Waals surface area contributed by atoms with Crippen molar-refractivity contribution in [2.45, 2.75) is 44.8 Å². The Labute approximate surface area is 122 Å². The first-order valence-corrected chi connectivity index (χ1v) is 6.88. The molecule has 0 aliphatic carbocycles. The van der Waals surface area contributed by atoms with Crippen LogP contribution in [-0.4, -0.2) is 28.1 Å². The zero-order valence-corrected chi connectivity index (χ0v) is 11.7. The Morgan fingerprint density at radius 1 is 1.52 bits per heavy atom. The van der Waals surface area contributed by atoms with Crippen LogP contribution < -0.4 is 5.32 Å². The van der Waals surface area contributed by atoms with Crippen molar-refractivity contribution in [2.24, 2.45) is 0 Å². The van der Waals surface area contributed by atoms with Crippen molar-refractivity contribution in [3.05, 3.63) is 28.3 Å². The second-order valence-electron chi connectivity index (χ2n) is 5.19. The van der Waals surface area contributed by atoms with E-state index in [0.29, 0.717) is 6.42 Å². The molecular weight excluding hydrogens is 276 g/mol. The third-order valence-electron chi connectivity index (χ3n) is 3.48. The van der Waals surface area contributed by atoms with Gasteiger partial charge in [-0.25, -0.2) is 0 Å². The number of carbonyl (C=O) groups is 1. The molecule has 1 aliphatic rings. The van der Waals surface area contributed by atoms with Crippen molar-refractivity contribution in [3.63, 3.8) is 0 Å². The highest BCUT2D eigenvalue weighted by molar-refractivity contribution is 5.92. The highest BCUT2D eigenvalue weighted by Crippen LogP contribution is 2.28. The van der Waals surface area contributed by atoms with E-state index in [2.05, 4.69) is 5.32 Å². The summed E-state index contributed by atoms with van der Waals surface area (Å²) in [6, 6.07) is 3.51. The fourth-order valence-electron chi connectivity index (χ4n) is 2.34. The Bertz CT molecular complexity index is 546. The number of non-ortho nitro benzene ring substituents is 1. The zero-order chi connectivity index (χ0) is 15.4. The Morgan fingerprint density at radius 3 is 2.90 bits per heavy atom. The number of nitrogens with zero attached hydrogens (tertiary/aromatic N) is 1. The van der Waals surface area contributed by atoms with E-state index in [0.717, 1.165) is 18.9 Å². The molecule has 0 aromatic heterocycles. The summed E-state index contributed by atoms with van der Waals surface area (Å²) >= 11 is 0. The van der Waals surface area contributed by atoms with Gasteiger partial charge in [-0.05, 0) is 32.3 Å². The Kier molecular flexibility index (Phi) is 4.74. The highest BCUT2D eigenvalue weighted by Gasteiger charge is 2.22. The van der Waals surface area contributed by atoms with Gasteiger partial charge in [0.15, 0.2) is 0 Å². The molecule has 1 amide bonds. The van der Waals surface area contributed by atoms with E-state index in [9.17, 15) is 20.0 Å².